The van der Waals surface area contributed by atoms with Crippen molar-refractivity contribution >= 4 is 52.9 Å². The summed E-state index contributed by atoms with van der Waals surface area (Å²) < 4.78 is 30.2. The van der Waals surface area contributed by atoms with Crippen LogP contribution in [-0.2, 0) is 54.1 Å². The molecular formula is C51H68N4O11. The second-order valence-electron chi connectivity index (χ2n) is 19.3. The molecular weight excluding hydrogens is 845 g/mol. The summed E-state index contributed by atoms with van der Waals surface area (Å²) in [6.07, 6.45) is 8.76. The number of nitrogens with zero attached hydrogens (tertiary/aromatic N) is 3. The zero-order valence-electron chi connectivity index (χ0n) is 39.9. The molecule has 1 aliphatic carbocycles. The molecule has 0 bridgehead atoms. The number of piperidine rings is 2. The topological polar surface area (TPSA) is 172 Å². The van der Waals surface area contributed by atoms with Crippen molar-refractivity contribution in [3.63, 3.8) is 0 Å². The fraction of sp³-hybridized carbons (Fsp3) is 0.569. The molecule has 5 atom stereocenters. The number of carbonyl (C=O) groups excluding carboxylic acids is 6. The number of rotatable bonds is 14. The molecule has 3 aromatic rings. The van der Waals surface area contributed by atoms with Crippen molar-refractivity contribution in [1.82, 2.24) is 19.7 Å². The van der Waals surface area contributed by atoms with E-state index >= 15 is 0 Å². The van der Waals surface area contributed by atoms with Crippen LogP contribution in [0.25, 0.3) is 17.0 Å². The third-order valence-electron chi connectivity index (χ3n) is 12.9. The highest BCUT2D eigenvalue weighted by atomic mass is 16.6. The largest absolute Gasteiger partial charge is 0.465 e. The molecule has 1 N–H and O–H groups in total. The van der Waals surface area contributed by atoms with Gasteiger partial charge in [0, 0.05) is 76.9 Å². The molecule has 1 spiro atoms. The molecule has 66 heavy (non-hydrogen) atoms. The van der Waals surface area contributed by atoms with E-state index in [0.29, 0.717) is 19.5 Å². The summed E-state index contributed by atoms with van der Waals surface area (Å²) in [5.74, 6) is -2.99. The number of aryl methyl sites for hydroxylation is 1. The van der Waals surface area contributed by atoms with Gasteiger partial charge in [0.25, 0.3) is 0 Å². The number of esters is 4. The van der Waals surface area contributed by atoms with Crippen molar-refractivity contribution in [1.29, 1.82) is 0 Å². The lowest BCUT2D eigenvalue weighted by Crippen LogP contribution is -2.57. The van der Waals surface area contributed by atoms with E-state index in [-0.39, 0.29) is 30.9 Å². The van der Waals surface area contributed by atoms with Gasteiger partial charge in [0.1, 0.15) is 18.2 Å². The SMILES string of the molecule is CC(=O)OC[C@H]1C[C@@H](n2cc(Cc3ccc(/C=C/CCN4CCCC5(CCN(C(=O)CNC(=O)OC(C)(C)C)CC5)C4)cc3)c3c(C)cccc32)[C@H](OC(C)=O)[C@@H](OC(C)=O)[C@@H]1OC(C)=O. The van der Waals surface area contributed by atoms with Crippen molar-refractivity contribution < 1.29 is 52.5 Å². The maximum Gasteiger partial charge on any atom is 0.408 e. The highest BCUT2D eigenvalue weighted by molar-refractivity contribution is 5.88. The first-order valence-corrected chi connectivity index (χ1v) is 23.3. The van der Waals surface area contributed by atoms with Gasteiger partial charge >= 0.3 is 30.0 Å². The van der Waals surface area contributed by atoms with E-state index in [2.05, 4.69) is 70.4 Å². The fourth-order valence-corrected chi connectivity index (χ4v) is 10.1. The smallest absolute Gasteiger partial charge is 0.408 e. The Balaban J connectivity index is 1.10. The Kier molecular flexibility index (Phi) is 16.4. The monoisotopic (exact) mass is 912 g/mol. The Morgan fingerprint density at radius 3 is 2.14 bits per heavy atom. The number of carbonyl (C=O) groups is 6. The van der Waals surface area contributed by atoms with E-state index in [4.69, 9.17) is 23.7 Å². The lowest BCUT2D eigenvalue weighted by atomic mass is 9.72. The average molecular weight is 913 g/mol. The molecule has 15 heteroatoms. The van der Waals surface area contributed by atoms with Crippen molar-refractivity contribution in [3.05, 3.63) is 77.0 Å². The predicted octanol–water partition coefficient (Wildman–Crippen LogP) is 7.09. The quantitative estimate of drug-likeness (QED) is 0.129. The van der Waals surface area contributed by atoms with E-state index < -0.39 is 65.8 Å². The van der Waals surface area contributed by atoms with Crippen LogP contribution in [0.5, 0.6) is 0 Å². The number of hydrogen-bond donors (Lipinski definition) is 1. The van der Waals surface area contributed by atoms with Gasteiger partial charge in [0.15, 0.2) is 12.2 Å². The van der Waals surface area contributed by atoms with Gasteiger partial charge in [0.2, 0.25) is 5.91 Å². The van der Waals surface area contributed by atoms with E-state index in [1.54, 1.807) is 20.8 Å². The number of benzene rings is 2. The molecule has 6 rings (SSSR count). The Morgan fingerprint density at radius 1 is 0.818 bits per heavy atom. The molecule has 1 aromatic heterocycles. The molecule has 3 fully saturated rings. The summed E-state index contributed by atoms with van der Waals surface area (Å²) in [7, 11) is 0. The first-order chi connectivity index (χ1) is 31.3. The highest BCUT2D eigenvalue weighted by Gasteiger charge is 2.52. The summed E-state index contributed by atoms with van der Waals surface area (Å²) in [5.41, 5.74) is 4.84. The minimum absolute atomic E-state index is 0.0538. The highest BCUT2D eigenvalue weighted by Crippen LogP contribution is 2.43. The van der Waals surface area contributed by atoms with Gasteiger partial charge in [-0.15, -0.1) is 0 Å². The Morgan fingerprint density at radius 2 is 1.48 bits per heavy atom. The van der Waals surface area contributed by atoms with Crippen LogP contribution in [-0.4, -0.2) is 120 Å². The summed E-state index contributed by atoms with van der Waals surface area (Å²) >= 11 is 0. The third-order valence-corrected chi connectivity index (χ3v) is 12.9. The van der Waals surface area contributed by atoms with E-state index in [1.807, 2.05) is 17.0 Å². The van der Waals surface area contributed by atoms with Gasteiger partial charge in [0.05, 0.1) is 12.6 Å². The van der Waals surface area contributed by atoms with Crippen LogP contribution in [0, 0.1) is 18.3 Å². The third kappa shape index (κ3) is 13.2. The Labute approximate surface area is 388 Å². The van der Waals surface area contributed by atoms with Gasteiger partial charge < -0.3 is 43.4 Å². The second kappa shape index (κ2) is 21.7. The van der Waals surface area contributed by atoms with Crippen molar-refractivity contribution in [3.8, 4) is 0 Å². The number of ether oxygens (including phenoxy) is 5. The number of fused-ring (bicyclic) bond motifs is 1. The fourth-order valence-electron chi connectivity index (χ4n) is 10.1. The number of alkyl carbamates (subject to hydrolysis) is 1. The van der Waals surface area contributed by atoms with Gasteiger partial charge in [-0.05, 0) is 113 Å². The molecule has 2 saturated heterocycles. The second-order valence-corrected chi connectivity index (χ2v) is 19.3. The first kappa shape index (κ1) is 49.7. The number of hydrogen-bond acceptors (Lipinski definition) is 12. The van der Waals surface area contributed by atoms with E-state index in [1.165, 1.54) is 34.1 Å². The van der Waals surface area contributed by atoms with Crippen LogP contribution < -0.4 is 5.32 Å². The van der Waals surface area contributed by atoms with Crippen molar-refractivity contribution in [2.75, 3.05) is 45.9 Å². The lowest BCUT2D eigenvalue weighted by Gasteiger charge is -2.47. The van der Waals surface area contributed by atoms with E-state index in [9.17, 15) is 28.8 Å². The zero-order valence-corrected chi connectivity index (χ0v) is 39.9. The molecule has 2 amide bonds. The normalized spacial score (nSPS) is 22.2. The van der Waals surface area contributed by atoms with Crippen molar-refractivity contribution in [2.45, 2.75) is 130 Å². The maximum absolute atomic E-state index is 12.8. The molecule has 2 aliphatic heterocycles. The Bertz CT molecular complexity index is 2250. The number of likely N-dealkylation sites (tertiary alicyclic amines) is 2. The lowest BCUT2D eigenvalue weighted by molar-refractivity contribution is -0.206. The minimum Gasteiger partial charge on any atom is -0.465 e. The molecule has 3 aliphatic rings. The minimum atomic E-state index is -1.16. The van der Waals surface area contributed by atoms with E-state index in [0.717, 1.165) is 78.5 Å². The van der Waals surface area contributed by atoms with Crippen LogP contribution in [0.15, 0.2) is 54.7 Å². The number of amides is 2. The first-order valence-electron chi connectivity index (χ1n) is 23.3. The molecule has 15 nitrogen and oxygen atoms in total. The molecule has 2 aromatic carbocycles. The van der Waals surface area contributed by atoms with Gasteiger partial charge in [-0.1, -0.05) is 48.6 Å². The Hall–Kier alpha value is -5.70. The van der Waals surface area contributed by atoms with Crippen LogP contribution in [0.1, 0.15) is 115 Å². The van der Waals surface area contributed by atoms with Crippen LogP contribution in [0.4, 0.5) is 4.79 Å². The molecule has 0 radical (unpaired) electrons. The van der Waals surface area contributed by atoms with Crippen LogP contribution >= 0.6 is 0 Å². The molecule has 1 saturated carbocycles. The molecule has 0 unspecified atom stereocenters. The van der Waals surface area contributed by atoms with Gasteiger partial charge in [-0.3, -0.25) is 24.0 Å². The molecule has 3 heterocycles. The van der Waals surface area contributed by atoms with Gasteiger partial charge in [-0.25, -0.2) is 4.79 Å². The standard InChI is InChI=1S/C51H68N4O11/c1-33-13-11-15-42-45(33)40(30-55(42)43-28-41(31-62-34(2)56)46(63-35(3)57)48(65-37(5)59)47(43)64-36(4)58)27-39-18-16-38(17-19-39)14-9-10-23-53-24-12-20-51(32-53)21-25-54(26-22-51)44(60)29-52-49(61)66-50(6,7)8/h9,11,13-19,30,41,43,46-48H,10,12,20-29,31-32H2,1-8H3,(H,52,61)/b14-9+/t41-,43-,46-,47+,48+/m1/s1. The molecule has 358 valence electrons. The van der Waals surface area contributed by atoms with Gasteiger partial charge in [-0.2, -0.15) is 0 Å². The summed E-state index contributed by atoms with van der Waals surface area (Å²) in [6, 6.07) is 14.0. The maximum atomic E-state index is 12.8. The number of aromatic nitrogens is 1. The summed E-state index contributed by atoms with van der Waals surface area (Å²) in [5, 5.41) is 3.65. The van der Waals surface area contributed by atoms with Crippen molar-refractivity contribution in [2.24, 2.45) is 11.3 Å². The zero-order chi connectivity index (χ0) is 47.8. The average Bonchev–Trinajstić information content (AvgIpc) is 3.61. The van der Waals surface area contributed by atoms with Crippen LogP contribution in [0.3, 0.4) is 0 Å². The number of nitrogens with one attached hydrogen (secondary N) is 1. The summed E-state index contributed by atoms with van der Waals surface area (Å²) in [6.45, 7) is 16.9. The van der Waals surface area contributed by atoms with Crippen LogP contribution in [0.2, 0.25) is 0 Å². The summed E-state index contributed by atoms with van der Waals surface area (Å²) in [4.78, 5) is 78.8. The predicted molar refractivity (Wildman–Crippen MR) is 248 cm³/mol.